The fourth-order valence-electron chi connectivity index (χ4n) is 3.28. The van der Waals surface area contributed by atoms with Gasteiger partial charge in [-0.25, -0.2) is 13.2 Å². The zero-order valence-electron chi connectivity index (χ0n) is 18.5. The van der Waals surface area contributed by atoms with Gasteiger partial charge in [-0.3, -0.25) is 9.59 Å². The average Bonchev–Trinajstić information content (AvgIpc) is 3.36. The zero-order valence-corrected chi connectivity index (χ0v) is 19.3. The van der Waals surface area contributed by atoms with Gasteiger partial charge in [-0.15, -0.1) is 0 Å². The van der Waals surface area contributed by atoms with E-state index in [0.29, 0.717) is 24.5 Å². The maximum atomic E-state index is 12.6. The Hall–Kier alpha value is -3.75. The summed E-state index contributed by atoms with van der Waals surface area (Å²) in [6.07, 6.45) is 0.281. The summed E-state index contributed by atoms with van der Waals surface area (Å²) in [6, 6.07) is 13.4. The summed E-state index contributed by atoms with van der Waals surface area (Å²) in [4.78, 5) is 36.3. The Morgan fingerprint density at radius 2 is 1.56 bits per heavy atom. The fourth-order valence-corrected chi connectivity index (χ4v) is 4.80. The predicted molar refractivity (Wildman–Crippen MR) is 123 cm³/mol. The molecule has 1 fully saturated rings. The number of hydrogen-bond donors (Lipinski definition) is 2. The molecule has 2 aromatic carbocycles. The van der Waals surface area contributed by atoms with Crippen LogP contribution in [0.15, 0.2) is 53.4 Å². The third-order valence-electron chi connectivity index (χ3n) is 5.12. The highest BCUT2D eigenvalue weighted by atomic mass is 32.2. The number of benzene rings is 2. The second-order valence-electron chi connectivity index (χ2n) is 7.63. The normalized spacial score (nSPS) is 14.6. The smallest absolute Gasteiger partial charge is 0.338 e. The van der Waals surface area contributed by atoms with Gasteiger partial charge in [0, 0.05) is 24.5 Å². The van der Waals surface area contributed by atoms with E-state index in [1.165, 1.54) is 59.8 Å². The van der Waals surface area contributed by atoms with Crippen LogP contribution in [0.2, 0.25) is 0 Å². The van der Waals surface area contributed by atoms with E-state index in [9.17, 15) is 22.8 Å². The summed E-state index contributed by atoms with van der Waals surface area (Å²) >= 11 is 0. The van der Waals surface area contributed by atoms with Gasteiger partial charge in [0.1, 0.15) is 6.42 Å². The molecule has 0 aliphatic carbocycles. The molecule has 0 spiro atoms. The number of carbonyl (C=O) groups excluding carboxylic acids is 3. The van der Waals surface area contributed by atoms with Crippen molar-refractivity contribution in [2.24, 2.45) is 0 Å². The van der Waals surface area contributed by atoms with Crippen LogP contribution in [-0.4, -0.2) is 49.7 Å². The summed E-state index contributed by atoms with van der Waals surface area (Å²) < 4.78 is 31.8. The summed E-state index contributed by atoms with van der Waals surface area (Å²) in [5.74, 6) is -1.78. The molecule has 1 aliphatic rings. The van der Waals surface area contributed by atoms with E-state index < -0.39 is 33.9 Å². The molecule has 10 nitrogen and oxygen atoms in total. The molecule has 178 valence electrons. The summed E-state index contributed by atoms with van der Waals surface area (Å²) in [6.45, 7) is 2.42. The number of ether oxygens (including phenoxy) is 1. The van der Waals surface area contributed by atoms with Crippen LogP contribution in [0.1, 0.15) is 36.5 Å². The van der Waals surface area contributed by atoms with Crippen LogP contribution in [0.25, 0.3) is 0 Å². The van der Waals surface area contributed by atoms with Crippen LogP contribution in [0.5, 0.6) is 0 Å². The standard InChI is InChI=1S/C23H24N4O6S/c1-16(33-23(30)17-4-6-18(7-5-17)25-21(28)12-13-24)22(29)26-19-8-10-20(11-9-19)34(31,32)27-14-2-3-15-27/h4-11,16H,2-3,12,14-15H2,1H3,(H,25,28)(H,26,29)/t16-/m0/s1. The maximum absolute atomic E-state index is 12.6. The highest BCUT2D eigenvalue weighted by Crippen LogP contribution is 2.22. The van der Waals surface area contributed by atoms with Gasteiger partial charge >= 0.3 is 5.97 Å². The van der Waals surface area contributed by atoms with Gasteiger partial charge in [0.05, 0.1) is 16.5 Å². The van der Waals surface area contributed by atoms with Crippen LogP contribution in [0, 0.1) is 11.3 Å². The number of nitrogens with one attached hydrogen (secondary N) is 2. The van der Waals surface area contributed by atoms with Crippen molar-refractivity contribution in [2.75, 3.05) is 23.7 Å². The Kier molecular flexibility index (Phi) is 7.99. The lowest BCUT2D eigenvalue weighted by molar-refractivity contribution is -0.123. The van der Waals surface area contributed by atoms with E-state index in [1.54, 1.807) is 6.07 Å². The first-order valence-corrected chi connectivity index (χ1v) is 12.0. The Morgan fingerprint density at radius 1 is 1.00 bits per heavy atom. The molecule has 0 radical (unpaired) electrons. The molecule has 1 atom stereocenters. The minimum Gasteiger partial charge on any atom is -0.449 e. The Bertz CT molecular complexity index is 1200. The number of amides is 2. The largest absolute Gasteiger partial charge is 0.449 e. The van der Waals surface area contributed by atoms with Crippen molar-refractivity contribution in [1.82, 2.24) is 4.31 Å². The lowest BCUT2D eigenvalue weighted by Crippen LogP contribution is -2.30. The molecule has 0 aromatic heterocycles. The van der Waals surface area contributed by atoms with Gasteiger partial charge in [-0.2, -0.15) is 9.57 Å². The van der Waals surface area contributed by atoms with Crippen molar-refractivity contribution in [2.45, 2.75) is 37.2 Å². The van der Waals surface area contributed by atoms with E-state index in [2.05, 4.69) is 10.6 Å². The van der Waals surface area contributed by atoms with Gasteiger partial charge in [0.2, 0.25) is 15.9 Å². The van der Waals surface area contributed by atoms with Crippen LogP contribution < -0.4 is 10.6 Å². The number of esters is 1. The third-order valence-corrected chi connectivity index (χ3v) is 7.03. The summed E-state index contributed by atoms with van der Waals surface area (Å²) in [5.41, 5.74) is 0.956. The topological polar surface area (TPSA) is 146 Å². The SMILES string of the molecule is C[C@H](OC(=O)c1ccc(NC(=O)CC#N)cc1)C(=O)Nc1ccc(S(=O)(=O)N2CCCC2)cc1. The van der Waals surface area contributed by atoms with Crippen LogP contribution in [0.4, 0.5) is 11.4 Å². The molecule has 0 bridgehead atoms. The average molecular weight is 485 g/mol. The number of nitrogens with zero attached hydrogens (tertiary/aromatic N) is 2. The third kappa shape index (κ3) is 6.18. The van der Waals surface area contributed by atoms with Crippen molar-refractivity contribution < 1.29 is 27.5 Å². The quantitative estimate of drug-likeness (QED) is 0.547. The van der Waals surface area contributed by atoms with Crippen molar-refractivity contribution in [3.63, 3.8) is 0 Å². The number of anilines is 2. The summed E-state index contributed by atoms with van der Waals surface area (Å²) in [5, 5.41) is 13.6. The number of sulfonamides is 1. The number of hydrogen-bond acceptors (Lipinski definition) is 7. The molecular formula is C23H24N4O6S. The van der Waals surface area contributed by atoms with E-state index in [0.717, 1.165) is 12.8 Å². The van der Waals surface area contributed by atoms with Gasteiger partial charge in [0.25, 0.3) is 5.91 Å². The first kappa shape index (κ1) is 24.9. The second kappa shape index (κ2) is 10.9. The first-order valence-electron chi connectivity index (χ1n) is 10.6. The van der Waals surface area contributed by atoms with E-state index in [1.807, 2.05) is 0 Å². The Balaban J connectivity index is 1.55. The van der Waals surface area contributed by atoms with Crippen LogP contribution in [-0.2, 0) is 24.3 Å². The molecule has 2 aromatic rings. The lowest BCUT2D eigenvalue weighted by atomic mass is 10.2. The molecule has 1 saturated heterocycles. The molecule has 0 saturated carbocycles. The highest BCUT2D eigenvalue weighted by molar-refractivity contribution is 7.89. The van der Waals surface area contributed by atoms with Gasteiger partial charge in [0.15, 0.2) is 6.10 Å². The molecule has 11 heteroatoms. The minimum atomic E-state index is -3.55. The van der Waals surface area contributed by atoms with Crippen molar-refractivity contribution in [3.8, 4) is 6.07 Å². The first-order chi connectivity index (χ1) is 16.2. The van der Waals surface area contributed by atoms with Gasteiger partial charge in [-0.1, -0.05) is 0 Å². The van der Waals surface area contributed by atoms with Crippen molar-refractivity contribution in [1.29, 1.82) is 5.26 Å². The molecule has 2 amide bonds. The lowest BCUT2D eigenvalue weighted by Gasteiger charge is -2.16. The minimum absolute atomic E-state index is 0.152. The van der Waals surface area contributed by atoms with Crippen LogP contribution >= 0.6 is 0 Å². The number of nitriles is 1. The number of carbonyl (C=O) groups is 3. The fraction of sp³-hybridized carbons (Fsp3) is 0.304. The second-order valence-corrected chi connectivity index (χ2v) is 9.57. The Labute approximate surface area is 197 Å². The molecule has 1 aliphatic heterocycles. The monoisotopic (exact) mass is 484 g/mol. The molecule has 0 unspecified atom stereocenters. The zero-order chi connectivity index (χ0) is 24.7. The van der Waals surface area contributed by atoms with Crippen molar-refractivity contribution in [3.05, 3.63) is 54.1 Å². The molecular weight excluding hydrogens is 460 g/mol. The highest BCUT2D eigenvalue weighted by Gasteiger charge is 2.27. The molecule has 2 N–H and O–H groups in total. The predicted octanol–water partition coefficient (Wildman–Crippen LogP) is 2.51. The van der Waals surface area contributed by atoms with E-state index >= 15 is 0 Å². The molecule has 1 heterocycles. The van der Waals surface area contributed by atoms with Gasteiger partial charge in [-0.05, 0) is 68.3 Å². The van der Waals surface area contributed by atoms with Gasteiger partial charge < -0.3 is 15.4 Å². The molecule has 34 heavy (non-hydrogen) atoms. The van der Waals surface area contributed by atoms with E-state index in [-0.39, 0.29) is 16.9 Å². The Morgan fingerprint density at radius 3 is 2.15 bits per heavy atom. The van der Waals surface area contributed by atoms with E-state index in [4.69, 9.17) is 10.00 Å². The van der Waals surface area contributed by atoms with Crippen molar-refractivity contribution >= 4 is 39.2 Å². The van der Waals surface area contributed by atoms with Crippen LogP contribution in [0.3, 0.4) is 0 Å². The molecule has 3 rings (SSSR count). The maximum Gasteiger partial charge on any atom is 0.338 e. The summed E-state index contributed by atoms with van der Waals surface area (Å²) in [7, 11) is -3.55. The number of rotatable bonds is 8.